The molecule has 1 aromatic heterocycles. The van der Waals surface area contributed by atoms with E-state index in [-0.39, 0.29) is 12.5 Å². The first-order chi connectivity index (χ1) is 11.7. The molecule has 1 aromatic carbocycles. The van der Waals surface area contributed by atoms with Crippen molar-refractivity contribution in [1.29, 1.82) is 0 Å². The first kappa shape index (κ1) is 16.5. The molecule has 0 radical (unpaired) electrons. The molecule has 3 rings (SSSR count). The number of nitrogens with one attached hydrogen (secondary N) is 1. The molecule has 1 N–H and O–H groups in total. The number of ether oxygens (including phenoxy) is 2. The van der Waals surface area contributed by atoms with Gasteiger partial charge in [-0.3, -0.25) is 4.79 Å². The Morgan fingerprint density at radius 3 is 2.75 bits per heavy atom. The SMILES string of the molecule is O=C(COc1ccccc1Cl)Nc1ccc(N2CCOCC2)cn1. The number of anilines is 2. The lowest BCUT2D eigenvalue weighted by atomic mass is 10.3. The maximum Gasteiger partial charge on any atom is 0.263 e. The van der Waals surface area contributed by atoms with E-state index in [1.807, 2.05) is 6.07 Å². The fourth-order valence-electron chi connectivity index (χ4n) is 2.35. The molecular formula is C17H18ClN3O3. The van der Waals surface area contributed by atoms with Crippen molar-refractivity contribution in [1.82, 2.24) is 4.98 Å². The van der Waals surface area contributed by atoms with E-state index in [0.717, 1.165) is 32.0 Å². The van der Waals surface area contributed by atoms with E-state index >= 15 is 0 Å². The molecule has 7 heteroatoms. The minimum absolute atomic E-state index is 0.128. The number of hydrogen-bond acceptors (Lipinski definition) is 5. The maximum atomic E-state index is 11.9. The molecule has 1 amide bonds. The molecule has 0 atom stereocenters. The number of aromatic nitrogens is 1. The summed E-state index contributed by atoms with van der Waals surface area (Å²) in [7, 11) is 0. The molecule has 1 aliphatic rings. The van der Waals surface area contributed by atoms with Crippen molar-refractivity contribution in [3.05, 3.63) is 47.6 Å². The van der Waals surface area contributed by atoms with Crippen molar-refractivity contribution in [2.24, 2.45) is 0 Å². The minimum atomic E-state index is -0.290. The largest absolute Gasteiger partial charge is 0.482 e. The number of hydrogen-bond donors (Lipinski definition) is 1. The lowest BCUT2D eigenvalue weighted by Crippen LogP contribution is -2.36. The Morgan fingerprint density at radius 2 is 2.04 bits per heavy atom. The quantitative estimate of drug-likeness (QED) is 0.900. The monoisotopic (exact) mass is 347 g/mol. The highest BCUT2D eigenvalue weighted by Crippen LogP contribution is 2.23. The van der Waals surface area contributed by atoms with Gasteiger partial charge < -0.3 is 19.7 Å². The van der Waals surface area contributed by atoms with Crippen LogP contribution in [0.4, 0.5) is 11.5 Å². The van der Waals surface area contributed by atoms with Gasteiger partial charge in [-0.2, -0.15) is 0 Å². The fourth-order valence-corrected chi connectivity index (χ4v) is 2.54. The van der Waals surface area contributed by atoms with Crippen molar-refractivity contribution < 1.29 is 14.3 Å². The predicted octanol–water partition coefficient (Wildman–Crippen LogP) is 2.59. The summed E-state index contributed by atoms with van der Waals surface area (Å²) in [6.07, 6.45) is 1.75. The average Bonchev–Trinajstić information content (AvgIpc) is 2.62. The molecule has 0 spiro atoms. The van der Waals surface area contributed by atoms with Crippen molar-refractivity contribution in [2.75, 3.05) is 43.1 Å². The Kier molecular flexibility index (Phi) is 5.51. The van der Waals surface area contributed by atoms with E-state index in [0.29, 0.717) is 16.6 Å². The first-order valence-corrected chi connectivity index (χ1v) is 8.06. The van der Waals surface area contributed by atoms with Crippen molar-refractivity contribution in [3.8, 4) is 5.75 Å². The predicted molar refractivity (Wildman–Crippen MR) is 92.8 cm³/mol. The summed E-state index contributed by atoms with van der Waals surface area (Å²) >= 11 is 5.98. The zero-order valence-electron chi connectivity index (χ0n) is 13.1. The smallest absolute Gasteiger partial charge is 0.263 e. The van der Waals surface area contributed by atoms with Gasteiger partial charge in [0.2, 0.25) is 0 Å². The first-order valence-electron chi connectivity index (χ1n) is 7.68. The zero-order valence-corrected chi connectivity index (χ0v) is 13.8. The van der Waals surface area contributed by atoms with Crippen LogP contribution >= 0.6 is 11.6 Å². The molecule has 0 bridgehead atoms. The van der Waals surface area contributed by atoms with Gasteiger partial charge in [0.05, 0.1) is 30.1 Å². The summed E-state index contributed by atoms with van der Waals surface area (Å²) in [6, 6.07) is 10.7. The third kappa shape index (κ3) is 4.37. The van der Waals surface area contributed by atoms with Crippen molar-refractivity contribution in [3.63, 3.8) is 0 Å². The van der Waals surface area contributed by atoms with E-state index in [2.05, 4.69) is 15.2 Å². The second-order valence-corrected chi connectivity index (χ2v) is 5.68. The second kappa shape index (κ2) is 7.99. The van der Waals surface area contributed by atoms with E-state index in [9.17, 15) is 4.79 Å². The molecule has 126 valence electrons. The number of rotatable bonds is 5. The Balaban J connectivity index is 1.52. The molecule has 24 heavy (non-hydrogen) atoms. The van der Waals surface area contributed by atoms with Crippen molar-refractivity contribution >= 4 is 29.0 Å². The standard InChI is InChI=1S/C17H18ClN3O3/c18-14-3-1-2-4-15(14)24-12-17(22)20-16-6-5-13(11-19-16)21-7-9-23-10-8-21/h1-6,11H,7-10,12H2,(H,19,20,22). The number of para-hydroxylation sites is 1. The molecule has 1 fully saturated rings. The van der Waals surface area contributed by atoms with Crippen LogP contribution in [0.5, 0.6) is 5.75 Å². The van der Waals surface area contributed by atoms with Gasteiger partial charge >= 0.3 is 0 Å². The van der Waals surface area contributed by atoms with E-state index < -0.39 is 0 Å². The molecule has 2 aromatic rings. The molecule has 0 saturated carbocycles. The van der Waals surface area contributed by atoms with Crippen LogP contribution < -0.4 is 15.0 Å². The average molecular weight is 348 g/mol. The molecule has 1 saturated heterocycles. The van der Waals surface area contributed by atoms with E-state index in [1.54, 1.807) is 36.5 Å². The molecule has 0 aliphatic carbocycles. The number of benzene rings is 1. The van der Waals surface area contributed by atoms with Crippen LogP contribution in [0.3, 0.4) is 0 Å². The Labute approximate surface area is 145 Å². The third-order valence-electron chi connectivity index (χ3n) is 3.59. The number of amides is 1. The highest BCUT2D eigenvalue weighted by Gasteiger charge is 2.12. The van der Waals surface area contributed by atoms with Crippen LogP contribution in [0, 0.1) is 0 Å². The number of carbonyl (C=O) groups is 1. The summed E-state index contributed by atoms with van der Waals surface area (Å²) < 4.78 is 10.7. The minimum Gasteiger partial charge on any atom is -0.482 e. The van der Waals surface area contributed by atoms with Crippen LogP contribution in [-0.4, -0.2) is 43.8 Å². The Hall–Kier alpha value is -2.31. The van der Waals surface area contributed by atoms with Crippen LogP contribution in [0.15, 0.2) is 42.6 Å². The van der Waals surface area contributed by atoms with Gasteiger partial charge in [-0.05, 0) is 24.3 Å². The lowest BCUT2D eigenvalue weighted by molar-refractivity contribution is -0.118. The number of pyridine rings is 1. The highest BCUT2D eigenvalue weighted by atomic mass is 35.5. The van der Waals surface area contributed by atoms with Gasteiger partial charge in [-0.1, -0.05) is 23.7 Å². The molecular weight excluding hydrogens is 330 g/mol. The van der Waals surface area contributed by atoms with E-state index in [1.165, 1.54) is 0 Å². The molecule has 2 heterocycles. The van der Waals surface area contributed by atoms with Crippen LogP contribution in [0.25, 0.3) is 0 Å². The second-order valence-electron chi connectivity index (χ2n) is 5.27. The van der Waals surface area contributed by atoms with Gasteiger partial charge in [0.25, 0.3) is 5.91 Å². The van der Waals surface area contributed by atoms with Gasteiger partial charge in [0.1, 0.15) is 11.6 Å². The van der Waals surface area contributed by atoms with Crippen LogP contribution in [0.2, 0.25) is 5.02 Å². The molecule has 0 unspecified atom stereocenters. The van der Waals surface area contributed by atoms with Gasteiger partial charge in [-0.15, -0.1) is 0 Å². The molecule has 6 nitrogen and oxygen atoms in total. The van der Waals surface area contributed by atoms with Crippen LogP contribution in [-0.2, 0) is 9.53 Å². The zero-order chi connectivity index (χ0) is 16.8. The van der Waals surface area contributed by atoms with Gasteiger partial charge in [0.15, 0.2) is 6.61 Å². The topological polar surface area (TPSA) is 63.7 Å². The van der Waals surface area contributed by atoms with Gasteiger partial charge in [0, 0.05) is 13.1 Å². The summed E-state index contributed by atoms with van der Waals surface area (Å²) in [5.41, 5.74) is 1.02. The van der Waals surface area contributed by atoms with E-state index in [4.69, 9.17) is 21.1 Å². The maximum absolute atomic E-state index is 11.9. The number of halogens is 1. The fraction of sp³-hybridized carbons (Fsp3) is 0.294. The highest BCUT2D eigenvalue weighted by molar-refractivity contribution is 6.32. The Bertz CT molecular complexity index is 688. The third-order valence-corrected chi connectivity index (χ3v) is 3.90. The van der Waals surface area contributed by atoms with Crippen LogP contribution in [0.1, 0.15) is 0 Å². The molecule has 1 aliphatic heterocycles. The summed E-state index contributed by atoms with van der Waals surface area (Å²) in [5, 5.41) is 3.17. The normalized spacial score (nSPS) is 14.3. The summed E-state index contributed by atoms with van der Waals surface area (Å²) in [4.78, 5) is 18.4. The number of nitrogens with zero attached hydrogens (tertiary/aromatic N) is 2. The number of carbonyl (C=O) groups excluding carboxylic acids is 1. The Morgan fingerprint density at radius 1 is 1.25 bits per heavy atom. The lowest BCUT2D eigenvalue weighted by Gasteiger charge is -2.28. The summed E-state index contributed by atoms with van der Waals surface area (Å²) in [5.74, 6) is 0.672. The van der Waals surface area contributed by atoms with Gasteiger partial charge in [-0.25, -0.2) is 4.98 Å². The summed E-state index contributed by atoms with van der Waals surface area (Å²) in [6.45, 7) is 3.00. The number of morpholine rings is 1. The van der Waals surface area contributed by atoms with Crippen molar-refractivity contribution in [2.45, 2.75) is 0 Å².